The van der Waals surface area contributed by atoms with E-state index in [1.165, 1.54) is 14.2 Å². The fourth-order valence-corrected chi connectivity index (χ4v) is 3.49. The van der Waals surface area contributed by atoms with Gasteiger partial charge in [0.15, 0.2) is 0 Å². The zero-order chi connectivity index (χ0) is 17.7. The maximum atomic E-state index is 12.8. The number of halogens is 5. The topological polar surface area (TPSA) is 33.7 Å². The van der Waals surface area contributed by atoms with Gasteiger partial charge in [0.25, 0.3) is 0 Å². The van der Waals surface area contributed by atoms with E-state index in [1.807, 2.05) is 0 Å². The molecule has 0 aliphatic carbocycles. The molecule has 1 aromatic carbocycles. The first-order chi connectivity index (χ1) is 11.4. The molecule has 0 amide bonds. The van der Waals surface area contributed by atoms with E-state index in [0.717, 1.165) is 18.7 Å². The first kappa shape index (κ1) is 22.3. The third-order valence-corrected chi connectivity index (χ3v) is 4.93. The molecule has 2 rings (SSSR count). The molecule has 4 nitrogen and oxygen atoms in total. The second-order valence-electron chi connectivity index (χ2n) is 5.70. The molecule has 1 aliphatic rings. The van der Waals surface area contributed by atoms with E-state index >= 15 is 0 Å². The molecule has 1 saturated heterocycles. The van der Waals surface area contributed by atoms with Crippen LogP contribution in [0, 0.1) is 0 Å². The SMILES string of the molecule is COc1cc([C@H](CCC(F)(F)F)N2CCNCC2)cc(OC)c1Br.Cl. The molecule has 0 unspecified atom stereocenters. The molecule has 1 heterocycles. The van der Waals surface area contributed by atoms with Gasteiger partial charge in [-0.2, -0.15) is 13.2 Å². The average Bonchev–Trinajstić information content (AvgIpc) is 2.56. The van der Waals surface area contributed by atoms with Crippen molar-refractivity contribution >= 4 is 28.3 Å². The summed E-state index contributed by atoms with van der Waals surface area (Å²) in [5.41, 5.74) is 0.776. The summed E-state index contributed by atoms with van der Waals surface area (Å²) >= 11 is 3.40. The lowest BCUT2D eigenvalue weighted by Gasteiger charge is -2.35. The molecule has 1 N–H and O–H groups in total. The number of methoxy groups -OCH3 is 2. The molecule has 0 bridgehead atoms. The molecule has 1 aliphatic heterocycles. The Hall–Kier alpha value is -0.700. The Morgan fingerprint density at radius 1 is 1.16 bits per heavy atom. The smallest absolute Gasteiger partial charge is 0.389 e. The van der Waals surface area contributed by atoms with Gasteiger partial charge in [-0.1, -0.05) is 0 Å². The van der Waals surface area contributed by atoms with Gasteiger partial charge in [0, 0.05) is 38.6 Å². The lowest BCUT2D eigenvalue weighted by Crippen LogP contribution is -2.45. The Kier molecular flexibility index (Phi) is 8.80. The van der Waals surface area contributed by atoms with Gasteiger partial charge in [-0.3, -0.25) is 4.90 Å². The highest BCUT2D eigenvalue weighted by Crippen LogP contribution is 2.40. The molecule has 0 aromatic heterocycles. The van der Waals surface area contributed by atoms with Crippen LogP contribution in [0.3, 0.4) is 0 Å². The predicted octanol–water partition coefficient (Wildman–Crippen LogP) is 4.18. The van der Waals surface area contributed by atoms with Gasteiger partial charge in [-0.25, -0.2) is 0 Å². The predicted molar refractivity (Wildman–Crippen MR) is 97.0 cm³/mol. The standard InChI is InChI=1S/C16H22BrF3N2O2.ClH/c1-23-13-9-11(10-14(24-2)15(13)17)12(3-4-16(18,19)20)22-7-5-21-6-8-22;/h9-10,12,21H,3-8H2,1-2H3;1H/t12-;/m0./s1. The largest absolute Gasteiger partial charge is 0.495 e. The van der Waals surface area contributed by atoms with Crippen LogP contribution in [0.2, 0.25) is 0 Å². The summed E-state index contributed by atoms with van der Waals surface area (Å²) in [4.78, 5) is 2.09. The molecule has 1 aromatic rings. The van der Waals surface area contributed by atoms with Crippen LogP contribution in [0.5, 0.6) is 11.5 Å². The Morgan fingerprint density at radius 3 is 2.12 bits per heavy atom. The molecule has 25 heavy (non-hydrogen) atoms. The van der Waals surface area contributed by atoms with Crippen molar-refractivity contribution in [2.24, 2.45) is 0 Å². The summed E-state index contributed by atoms with van der Waals surface area (Å²) in [6.07, 6.45) is -4.98. The van der Waals surface area contributed by atoms with Gasteiger partial charge in [0.05, 0.1) is 14.2 Å². The van der Waals surface area contributed by atoms with Gasteiger partial charge >= 0.3 is 6.18 Å². The number of nitrogens with one attached hydrogen (secondary N) is 1. The Balaban J connectivity index is 0.00000312. The van der Waals surface area contributed by atoms with Crippen LogP contribution in [0.25, 0.3) is 0 Å². The van der Waals surface area contributed by atoms with E-state index in [4.69, 9.17) is 9.47 Å². The number of hydrogen-bond acceptors (Lipinski definition) is 4. The van der Waals surface area contributed by atoms with E-state index in [2.05, 4.69) is 26.1 Å². The van der Waals surface area contributed by atoms with Crippen molar-refractivity contribution in [3.05, 3.63) is 22.2 Å². The molecular formula is C16H23BrClF3N2O2. The quantitative estimate of drug-likeness (QED) is 0.709. The minimum Gasteiger partial charge on any atom is -0.495 e. The zero-order valence-electron chi connectivity index (χ0n) is 14.2. The average molecular weight is 448 g/mol. The minimum atomic E-state index is -4.17. The van der Waals surface area contributed by atoms with E-state index in [0.29, 0.717) is 29.1 Å². The maximum absolute atomic E-state index is 12.8. The summed E-state index contributed by atoms with van der Waals surface area (Å²) < 4.78 is 49.6. The first-order valence-corrected chi connectivity index (χ1v) is 8.58. The van der Waals surface area contributed by atoms with E-state index in [9.17, 15) is 13.2 Å². The lowest BCUT2D eigenvalue weighted by molar-refractivity contribution is -0.138. The first-order valence-electron chi connectivity index (χ1n) is 7.78. The van der Waals surface area contributed by atoms with Crippen molar-refractivity contribution in [3.8, 4) is 11.5 Å². The Bertz CT molecular complexity index is 530. The minimum absolute atomic E-state index is 0. The highest BCUT2D eigenvalue weighted by molar-refractivity contribution is 9.10. The van der Waals surface area contributed by atoms with Crippen LogP contribution >= 0.6 is 28.3 Å². The fourth-order valence-electron chi connectivity index (χ4n) is 2.94. The van der Waals surface area contributed by atoms with Gasteiger partial charge in [-0.05, 0) is 40.0 Å². The third-order valence-electron chi connectivity index (χ3n) is 4.15. The van der Waals surface area contributed by atoms with Gasteiger partial charge in [0.2, 0.25) is 0 Å². The van der Waals surface area contributed by atoms with Gasteiger partial charge in [0.1, 0.15) is 16.0 Å². The third kappa shape index (κ3) is 6.20. The summed E-state index contributed by atoms with van der Waals surface area (Å²) in [6, 6.07) is 3.25. The molecule has 9 heteroatoms. The molecule has 1 atom stereocenters. The van der Waals surface area contributed by atoms with Crippen molar-refractivity contribution in [2.75, 3.05) is 40.4 Å². The summed E-state index contributed by atoms with van der Waals surface area (Å²) in [6.45, 7) is 2.97. The number of hydrogen-bond donors (Lipinski definition) is 1. The van der Waals surface area contributed by atoms with E-state index < -0.39 is 12.6 Å². The summed E-state index contributed by atoms with van der Waals surface area (Å²) in [7, 11) is 3.05. The second-order valence-corrected chi connectivity index (χ2v) is 6.49. The van der Waals surface area contributed by atoms with Crippen LogP contribution in [0.15, 0.2) is 16.6 Å². The van der Waals surface area contributed by atoms with E-state index in [-0.39, 0.29) is 24.9 Å². The maximum Gasteiger partial charge on any atom is 0.389 e. The van der Waals surface area contributed by atoms with E-state index in [1.54, 1.807) is 12.1 Å². The molecular weight excluding hydrogens is 425 g/mol. The molecule has 144 valence electrons. The number of rotatable bonds is 6. The van der Waals surface area contributed by atoms with Crippen molar-refractivity contribution in [1.82, 2.24) is 10.2 Å². The highest BCUT2D eigenvalue weighted by atomic mass is 79.9. The summed E-state index contributed by atoms with van der Waals surface area (Å²) in [5.74, 6) is 1.10. The monoisotopic (exact) mass is 446 g/mol. The normalized spacial score (nSPS) is 16.9. The molecule has 0 spiro atoms. The van der Waals surface area contributed by atoms with Crippen molar-refractivity contribution in [2.45, 2.75) is 25.1 Å². The number of ether oxygens (including phenoxy) is 2. The molecule has 0 radical (unpaired) electrons. The van der Waals surface area contributed by atoms with Crippen molar-refractivity contribution < 1.29 is 22.6 Å². The number of alkyl halides is 3. The Morgan fingerprint density at radius 2 is 1.68 bits per heavy atom. The number of nitrogens with zero attached hydrogens (tertiary/aromatic N) is 1. The number of benzene rings is 1. The zero-order valence-corrected chi connectivity index (χ0v) is 16.6. The lowest BCUT2D eigenvalue weighted by atomic mass is 9.98. The van der Waals surface area contributed by atoms with Crippen molar-refractivity contribution in [3.63, 3.8) is 0 Å². The fraction of sp³-hybridized carbons (Fsp3) is 0.625. The molecule has 1 fully saturated rings. The van der Waals surface area contributed by atoms with Crippen LogP contribution in [-0.4, -0.2) is 51.5 Å². The number of piperazine rings is 1. The Labute approximate surface area is 160 Å². The van der Waals surface area contributed by atoms with Crippen LogP contribution < -0.4 is 14.8 Å². The van der Waals surface area contributed by atoms with Crippen LogP contribution in [-0.2, 0) is 0 Å². The molecule has 0 saturated carbocycles. The highest BCUT2D eigenvalue weighted by Gasteiger charge is 2.32. The van der Waals surface area contributed by atoms with Crippen LogP contribution in [0.4, 0.5) is 13.2 Å². The van der Waals surface area contributed by atoms with Crippen LogP contribution in [0.1, 0.15) is 24.4 Å². The second kappa shape index (κ2) is 9.85. The summed E-state index contributed by atoms with van der Waals surface area (Å²) in [5, 5.41) is 3.23. The van der Waals surface area contributed by atoms with Gasteiger partial charge in [-0.15, -0.1) is 12.4 Å². The van der Waals surface area contributed by atoms with Crippen molar-refractivity contribution in [1.29, 1.82) is 0 Å². The van der Waals surface area contributed by atoms with Gasteiger partial charge < -0.3 is 14.8 Å².